The zero-order valence-electron chi connectivity index (χ0n) is 15.1. The lowest BCUT2D eigenvalue weighted by atomic mass is 9.50. The van der Waals surface area contributed by atoms with Crippen LogP contribution in [-0.2, 0) is 5.54 Å². The van der Waals surface area contributed by atoms with Gasteiger partial charge in [-0.1, -0.05) is 0 Å². The van der Waals surface area contributed by atoms with Crippen molar-refractivity contribution in [3.8, 4) is 0 Å². The normalized spacial score (nSPS) is 34.8. The van der Waals surface area contributed by atoms with Crippen molar-refractivity contribution in [1.29, 1.82) is 0 Å². The molecule has 0 aliphatic heterocycles. The minimum atomic E-state index is -0.193. The molecular weight excluding hydrogens is 330 g/mol. The summed E-state index contributed by atoms with van der Waals surface area (Å²) in [7, 11) is 0. The average molecular weight is 353 g/mol. The molecule has 6 rings (SSSR count). The van der Waals surface area contributed by atoms with E-state index in [4.69, 9.17) is 0 Å². The minimum absolute atomic E-state index is 0.0951. The molecule has 2 heterocycles. The molecular formula is C18H23N7O. The molecule has 2 aromatic rings. The molecule has 26 heavy (non-hydrogen) atoms. The monoisotopic (exact) mass is 353 g/mol. The maximum atomic E-state index is 13.0. The molecule has 2 aromatic heterocycles. The number of nitrogens with one attached hydrogen (secondary N) is 1. The summed E-state index contributed by atoms with van der Waals surface area (Å²) in [5.41, 5.74) is 0.975. The van der Waals surface area contributed by atoms with Crippen molar-refractivity contribution in [2.45, 2.75) is 63.5 Å². The fourth-order valence-corrected chi connectivity index (χ4v) is 6.12. The molecule has 2 atom stereocenters. The van der Waals surface area contributed by atoms with Crippen LogP contribution in [0.25, 0.3) is 0 Å². The number of hydrogen-bond donors (Lipinski definition) is 1. The Kier molecular flexibility index (Phi) is 3.24. The predicted molar refractivity (Wildman–Crippen MR) is 92.2 cm³/mol. The maximum absolute atomic E-state index is 13.0. The zero-order valence-corrected chi connectivity index (χ0v) is 15.1. The smallest absolute Gasteiger partial charge is 0.270 e. The summed E-state index contributed by atoms with van der Waals surface area (Å²) in [5.74, 6) is 1.75. The van der Waals surface area contributed by atoms with E-state index in [0.29, 0.717) is 23.4 Å². The third-order valence-corrected chi connectivity index (χ3v) is 6.38. The van der Waals surface area contributed by atoms with Crippen LogP contribution in [0.1, 0.15) is 60.5 Å². The van der Waals surface area contributed by atoms with E-state index in [2.05, 4.69) is 30.7 Å². The van der Waals surface area contributed by atoms with Gasteiger partial charge in [0, 0.05) is 11.2 Å². The van der Waals surface area contributed by atoms with E-state index in [0.717, 1.165) is 37.8 Å². The Hall–Kier alpha value is -2.38. The van der Waals surface area contributed by atoms with Gasteiger partial charge in [-0.25, -0.2) is 9.97 Å². The number of carbonyl (C=O) groups excluding carboxylic acids is 1. The van der Waals surface area contributed by atoms with Gasteiger partial charge < -0.3 is 5.32 Å². The van der Waals surface area contributed by atoms with E-state index < -0.39 is 0 Å². The first-order valence-electron chi connectivity index (χ1n) is 9.34. The van der Waals surface area contributed by atoms with Crippen LogP contribution in [0, 0.1) is 25.7 Å². The van der Waals surface area contributed by atoms with Gasteiger partial charge in [-0.2, -0.15) is 4.80 Å². The summed E-state index contributed by atoms with van der Waals surface area (Å²) < 4.78 is 0. The van der Waals surface area contributed by atoms with E-state index in [1.807, 2.05) is 18.6 Å². The van der Waals surface area contributed by atoms with Crippen LogP contribution >= 0.6 is 0 Å². The molecule has 4 aliphatic carbocycles. The first-order chi connectivity index (χ1) is 12.5. The lowest BCUT2D eigenvalue weighted by Crippen LogP contribution is -2.66. The average Bonchev–Trinajstić information content (AvgIpc) is 3.07. The largest absolute Gasteiger partial charge is 0.345 e. The number of aryl methyl sites for hydroxylation is 2. The molecule has 4 saturated carbocycles. The topological polar surface area (TPSA) is 98.5 Å². The zero-order chi connectivity index (χ0) is 17.9. The Morgan fingerprint density at radius 3 is 2.62 bits per heavy atom. The second kappa shape index (κ2) is 5.31. The molecule has 8 heteroatoms. The number of hydrogen-bond acceptors (Lipinski definition) is 6. The molecule has 0 aromatic carbocycles. The Labute approximate surface area is 151 Å². The number of tetrazole rings is 1. The third kappa shape index (κ3) is 2.42. The summed E-state index contributed by atoms with van der Waals surface area (Å²) in [6, 6.07) is 1.76. The van der Waals surface area contributed by atoms with Gasteiger partial charge in [-0.15, -0.1) is 10.2 Å². The van der Waals surface area contributed by atoms with Gasteiger partial charge in [-0.3, -0.25) is 4.79 Å². The van der Waals surface area contributed by atoms with Crippen molar-refractivity contribution < 1.29 is 4.79 Å². The maximum Gasteiger partial charge on any atom is 0.270 e. The van der Waals surface area contributed by atoms with Gasteiger partial charge in [0.2, 0.25) is 0 Å². The predicted octanol–water partition coefficient (Wildman–Crippen LogP) is 1.56. The first kappa shape index (κ1) is 15.8. The van der Waals surface area contributed by atoms with E-state index in [1.165, 1.54) is 12.7 Å². The highest BCUT2D eigenvalue weighted by Crippen LogP contribution is 2.60. The van der Waals surface area contributed by atoms with Crippen LogP contribution < -0.4 is 5.32 Å². The van der Waals surface area contributed by atoms with Gasteiger partial charge in [0.15, 0.2) is 6.33 Å². The lowest BCUT2D eigenvalue weighted by Gasteiger charge is -2.61. The van der Waals surface area contributed by atoms with Crippen LogP contribution in [0.15, 0.2) is 12.4 Å². The Bertz CT molecular complexity index is 828. The number of nitrogens with zero attached hydrogens (tertiary/aromatic N) is 6. The van der Waals surface area contributed by atoms with Gasteiger partial charge >= 0.3 is 0 Å². The molecule has 8 nitrogen and oxygen atoms in total. The standard InChI is InChI=1S/C18H23N7O/c1-11-3-15(22-12(2)21-11)16(26)23-17-5-13-4-14(6-17)8-18(7-13,9-17)25-20-10-19-24-25/h3,10,13-14H,4-9H2,1-2H3,(H,23,26). The van der Waals surface area contributed by atoms with Crippen molar-refractivity contribution in [1.82, 2.24) is 35.5 Å². The highest BCUT2D eigenvalue weighted by atomic mass is 16.2. The molecule has 0 radical (unpaired) electrons. The molecule has 4 aliphatic rings. The van der Waals surface area contributed by atoms with Crippen molar-refractivity contribution in [3.63, 3.8) is 0 Å². The second-order valence-electron chi connectivity index (χ2n) is 8.59. The van der Waals surface area contributed by atoms with E-state index in [-0.39, 0.29) is 17.0 Å². The van der Waals surface area contributed by atoms with Crippen LogP contribution in [0.5, 0.6) is 0 Å². The fourth-order valence-electron chi connectivity index (χ4n) is 6.12. The number of aromatic nitrogens is 6. The van der Waals surface area contributed by atoms with Crippen LogP contribution in [0.2, 0.25) is 0 Å². The summed E-state index contributed by atoms with van der Waals surface area (Å²) in [4.78, 5) is 23.4. The van der Waals surface area contributed by atoms with Crippen molar-refractivity contribution in [2.75, 3.05) is 0 Å². The van der Waals surface area contributed by atoms with Crippen LogP contribution in [-0.4, -0.2) is 41.6 Å². The third-order valence-electron chi connectivity index (χ3n) is 6.38. The molecule has 0 spiro atoms. The highest BCUT2D eigenvalue weighted by Gasteiger charge is 2.60. The van der Waals surface area contributed by atoms with Gasteiger partial charge in [0.25, 0.3) is 5.91 Å². The minimum Gasteiger partial charge on any atom is -0.345 e. The molecule has 0 saturated heterocycles. The summed E-state index contributed by atoms with van der Waals surface area (Å²) in [6.07, 6.45) is 7.88. The summed E-state index contributed by atoms with van der Waals surface area (Å²) in [5, 5.41) is 15.9. The van der Waals surface area contributed by atoms with E-state index in [1.54, 1.807) is 6.07 Å². The van der Waals surface area contributed by atoms with Crippen molar-refractivity contribution in [3.05, 3.63) is 29.6 Å². The van der Waals surface area contributed by atoms with E-state index in [9.17, 15) is 4.79 Å². The number of carbonyl (C=O) groups is 1. The number of amides is 1. The van der Waals surface area contributed by atoms with Gasteiger partial charge in [0.05, 0.1) is 5.54 Å². The Balaban J connectivity index is 1.46. The second-order valence-corrected chi connectivity index (χ2v) is 8.59. The SMILES string of the molecule is Cc1cc(C(=O)NC23CC4CC(C2)CC(n2ncnn2)(C4)C3)nc(C)n1. The quantitative estimate of drug-likeness (QED) is 0.899. The molecule has 4 fully saturated rings. The molecule has 4 bridgehead atoms. The highest BCUT2D eigenvalue weighted by molar-refractivity contribution is 5.93. The summed E-state index contributed by atoms with van der Waals surface area (Å²) in [6.45, 7) is 3.71. The molecule has 136 valence electrons. The van der Waals surface area contributed by atoms with Gasteiger partial charge in [-0.05, 0) is 75.5 Å². The van der Waals surface area contributed by atoms with Crippen molar-refractivity contribution >= 4 is 5.91 Å². The van der Waals surface area contributed by atoms with Gasteiger partial charge in [0.1, 0.15) is 11.5 Å². The van der Waals surface area contributed by atoms with Crippen molar-refractivity contribution in [2.24, 2.45) is 11.8 Å². The van der Waals surface area contributed by atoms with Crippen LogP contribution in [0.3, 0.4) is 0 Å². The van der Waals surface area contributed by atoms with E-state index >= 15 is 0 Å². The lowest BCUT2D eigenvalue weighted by molar-refractivity contribution is -0.0811. The molecule has 1 amide bonds. The Morgan fingerprint density at radius 2 is 1.96 bits per heavy atom. The fraction of sp³-hybridized carbons (Fsp3) is 0.667. The number of rotatable bonds is 3. The van der Waals surface area contributed by atoms with Crippen LogP contribution in [0.4, 0.5) is 0 Å². The molecule has 1 N–H and O–H groups in total. The first-order valence-corrected chi connectivity index (χ1v) is 9.34. The molecule has 2 unspecified atom stereocenters. The summed E-state index contributed by atoms with van der Waals surface area (Å²) >= 11 is 0. The Morgan fingerprint density at radius 1 is 1.19 bits per heavy atom.